The molecule has 1 saturated heterocycles. The SMILES string of the molecule is COc1ccc(C2(CCl)CCOCC2)cc1. The van der Waals surface area contributed by atoms with E-state index in [0.717, 1.165) is 31.8 Å². The van der Waals surface area contributed by atoms with Crippen molar-refractivity contribution in [1.82, 2.24) is 0 Å². The van der Waals surface area contributed by atoms with E-state index in [1.54, 1.807) is 7.11 Å². The largest absolute Gasteiger partial charge is 0.497 e. The molecule has 1 aromatic carbocycles. The Morgan fingerprint density at radius 1 is 1.25 bits per heavy atom. The first-order valence-electron chi connectivity index (χ1n) is 5.59. The summed E-state index contributed by atoms with van der Waals surface area (Å²) in [6.07, 6.45) is 2.01. The minimum atomic E-state index is 0.0894. The van der Waals surface area contributed by atoms with Gasteiger partial charge in [0.15, 0.2) is 0 Å². The maximum absolute atomic E-state index is 6.16. The summed E-state index contributed by atoms with van der Waals surface area (Å²) in [6.45, 7) is 1.61. The molecule has 2 rings (SSSR count). The highest BCUT2D eigenvalue weighted by atomic mass is 35.5. The summed E-state index contributed by atoms with van der Waals surface area (Å²) in [5.41, 5.74) is 1.39. The van der Waals surface area contributed by atoms with Crippen LogP contribution >= 0.6 is 11.6 Å². The van der Waals surface area contributed by atoms with Gasteiger partial charge in [0.1, 0.15) is 5.75 Å². The van der Waals surface area contributed by atoms with Crippen molar-refractivity contribution >= 4 is 11.6 Å². The lowest BCUT2D eigenvalue weighted by molar-refractivity contribution is 0.0575. The molecule has 1 heterocycles. The van der Waals surface area contributed by atoms with E-state index in [4.69, 9.17) is 21.1 Å². The smallest absolute Gasteiger partial charge is 0.118 e. The van der Waals surface area contributed by atoms with Gasteiger partial charge < -0.3 is 9.47 Å². The highest BCUT2D eigenvalue weighted by Gasteiger charge is 2.33. The van der Waals surface area contributed by atoms with Crippen LogP contribution in [0, 0.1) is 0 Å². The first-order chi connectivity index (χ1) is 7.80. The van der Waals surface area contributed by atoms with Gasteiger partial charge in [-0.15, -0.1) is 11.6 Å². The highest BCUT2D eigenvalue weighted by Crippen LogP contribution is 2.36. The van der Waals surface area contributed by atoms with Crippen molar-refractivity contribution in [2.24, 2.45) is 0 Å². The van der Waals surface area contributed by atoms with Crippen LogP contribution in [0.5, 0.6) is 5.75 Å². The Morgan fingerprint density at radius 2 is 1.88 bits per heavy atom. The van der Waals surface area contributed by atoms with E-state index >= 15 is 0 Å². The third-order valence-corrected chi connectivity index (χ3v) is 3.92. The molecule has 3 heteroatoms. The van der Waals surface area contributed by atoms with E-state index in [2.05, 4.69) is 12.1 Å². The maximum atomic E-state index is 6.16. The fourth-order valence-electron chi connectivity index (χ4n) is 2.21. The second kappa shape index (κ2) is 5.07. The quantitative estimate of drug-likeness (QED) is 0.757. The molecule has 0 unspecified atom stereocenters. The molecule has 0 bridgehead atoms. The Kier molecular flexibility index (Phi) is 3.72. The number of alkyl halides is 1. The zero-order chi connectivity index (χ0) is 11.4. The second-order valence-corrected chi connectivity index (χ2v) is 4.52. The Morgan fingerprint density at radius 3 is 2.38 bits per heavy atom. The lowest BCUT2D eigenvalue weighted by Gasteiger charge is -2.36. The predicted octanol–water partition coefficient (Wildman–Crippen LogP) is 2.98. The lowest BCUT2D eigenvalue weighted by Crippen LogP contribution is -2.35. The van der Waals surface area contributed by atoms with Crippen molar-refractivity contribution in [1.29, 1.82) is 0 Å². The molecule has 1 aliphatic heterocycles. The summed E-state index contributed by atoms with van der Waals surface area (Å²) in [5.74, 6) is 1.54. The van der Waals surface area contributed by atoms with Crippen LogP contribution in [0.15, 0.2) is 24.3 Å². The van der Waals surface area contributed by atoms with E-state index in [1.807, 2.05) is 12.1 Å². The number of hydrogen-bond acceptors (Lipinski definition) is 2. The molecule has 0 spiro atoms. The van der Waals surface area contributed by atoms with Gasteiger partial charge in [-0.1, -0.05) is 12.1 Å². The van der Waals surface area contributed by atoms with Crippen LogP contribution in [0.3, 0.4) is 0 Å². The van der Waals surface area contributed by atoms with E-state index in [0.29, 0.717) is 5.88 Å². The molecule has 88 valence electrons. The molecule has 0 aliphatic carbocycles. The van der Waals surface area contributed by atoms with E-state index < -0.39 is 0 Å². The molecule has 2 nitrogen and oxygen atoms in total. The Balaban J connectivity index is 2.24. The molecule has 1 fully saturated rings. The van der Waals surface area contributed by atoms with Gasteiger partial charge in [0.2, 0.25) is 0 Å². The monoisotopic (exact) mass is 240 g/mol. The summed E-state index contributed by atoms with van der Waals surface area (Å²) >= 11 is 6.16. The zero-order valence-corrected chi connectivity index (χ0v) is 10.3. The third-order valence-electron chi connectivity index (χ3n) is 3.41. The number of rotatable bonds is 3. The van der Waals surface area contributed by atoms with Crippen LogP contribution in [0.1, 0.15) is 18.4 Å². The third kappa shape index (κ3) is 2.18. The minimum Gasteiger partial charge on any atom is -0.497 e. The van der Waals surface area contributed by atoms with Crippen molar-refractivity contribution in [3.8, 4) is 5.75 Å². The van der Waals surface area contributed by atoms with Gasteiger partial charge in [-0.3, -0.25) is 0 Å². The fourth-order valence-corrected chi connectivity index (χ4v) is 2.63. The minimum absolute atomic E-state index is 0.0894. The summed E-state index contributed by atoms with van der Waals surface area (Å²) in [5, 5.41) is 0. The Bertz CT molecular complexity index is 328. The maximum Gasteiger partial charge on any atom is 0.118 e. The zero-order valence-electron chi connectivity index (χ0n) is 9.54. The summed E-state index contributed by atoms with van der Waals surface area (Å²) in [7, 11) is 1.68. The predicted molar refractivity (Wildman–Crippen MR) is 65.4 cm³/mol. The van der Waals surface area contributed by atoms with Crippen LogP contribution in [0.2, 0.25) is 0 Å². The number of halogens is 1. The van der Waals surface area contributed by atoms with Crippen molar-refractivity contribution in [2.75, 3.05) is 26.2 Å². The number of hydrogen-bond donors (Lipinski definition) is 0. The van der Waals surface area contributed by atoms with Crippen LogP contribution < -0.4 is 4.74 Å². The molecule has 0 N–H and O–H groups in total. The highest BCUT2D eigenvalue weighted by molar-refractivity contribution is 6.18. The summed E-state index contributed by atoms with van der Waals surface area (Å²) in [6, 6.07) is 8.23. The van der Waals surface area contributed by atoms with Crippen LogP contribution in [-0.2, 0) is 10.2 Å². The van der Waals surface area contributed by atoms with Gasteiger partial charge in [0, 0.05) is 24.5 Å². The molecule has 0 saturated carbocycles. The van der Waals surface area contributed by atoms with Gasteiger partial charge in [-0.25, -0.2) is 0 Å². The first-order valence-corrected chi connectivity index (χ1v) is 6.12. The van der Waals surface area contributed by atoms with E-state index in [9.17, 15) is 0 Å². The van der Waals surface area contributed by atoms with Crippen molar-refractivity contribution in [2.45, 2.75) is 18.3 Å². The van der Waals surface area contributed by atoms with Crippen molar-refractivity contribution < 1.29 is 9.47 Å². The molecule has 0 aromatic heterocycles. The molecule has 16 heavy (non-hydrogen) atoms. The average molecular weight is 241 g/mol. The average Bonchev–Trinajstić information content (AvgIpc) is 2.39. The van der Waals surface area contributed by atoms with Gasteiger partial charge in [0.25, 0.3) is 0 Å². The first kappa shape index (κ1) is 11.7. The van der Waals surface area contributed by atoms with Crippen LogP contribution in [-0.4, -0.2) is 26.2 Å². The van der Waals surface area contributed by atoms with Crippen LogP contribution in [0.25, 0.3) is 0 Å². The van der Waals surface area contributed by atoms with Crippen molar-refractivity contribution in [3.63, 3.8) is 0 Å². The number of ether oxygens (including phenoxy) is 2. The molecule has 0 radical (unpaired) electrons. The Labute approximate surface area is 102 Å². The fraction of sp³-hybridized carbons (Fsp3) is 0.538. The second-order valence-electron chi connectivity index (χ2n) is 4.25. The van der Waals surface area contributed by atoms with Gasteiger partial charge in [0.05, 0.1) is 7.11 Å². The van der Waals surface area contributed by atoms with Crippen molar-refractivity contribution in [3.05, 3.63) is 29.8 Å². The standard InChI is InChI=1S/C13H17ClO2/c1-15-12-4-2-11(3-5-12)13(10-14)6-8-16-9-7-13/h2-5H,6-10H2,1H3. The van der Waals surface area contributed by atoms with Gasteiger partial charge in [-0.05, 0) is 30.5 Å². The molecular weight excluding hydrogens is 224 g/mol. The van der Waals surface area contributed by atoms with E-state index in [1.165, 1.54) is 5.56 Å². The van der Waals surface area contributed by atoms with E-state index in [-0.39, 0.29) is 5.41 Å². The normalized spacial score (nSPS) is 19.4. The Hall–Kier alpha value is -0.730. The number of methoxy groups -OCH3 is 1. The molecular formula is C13H17ClO2. The molecule has 0 amide bonds. The van der Waals surface area contributed by atoms with Gasteiger partial charge in [-0.2, -0.15) is 0 Å². The molecule has 1 aliphatic rings. The molecule has 0 atom stereocenters. The summed E-state index contributed by atoms with van der Waals surface area (Å²) < 4.78 is 10.6. The van der Waals surface area contributed by atoms with Gasteiger partial charge >= 0.3 is 0 Å². The van der Waals surface area contributed by atoms with Crippen LogP contribution in [0.4, 0.5) is 0 Å². The molecule has 1 aromatic rings. The lowest BCUT2D eigenvalue weighted by atomic mass is 9.76. The number of benzene rings is 1. The topological polar surface area (TPSA) is 18.5 Å². The summed E-state index contributed by atoms with van der Waals surface area (Å²) in [4.78, 5) is 0.